The number of hydrogen-bond donors (Lipinski definition) is 0. The van der Waals surface area contributed by atoms with Crippen molar-refractivity contribution >= 4 is 11.7 Å². The van der Waals surface area contributed by atoms with Gasteiger partial charge in [0.1, 0.15) is 11.5 Å². The molecule has 3 heteroatoms. The quantitative estimate of drug-likeness (QED) is 0.307. The van der Waals surface area contributed by atoms with E-state index < -0.39 is 6.16 Å². The average molecular weight is 320 g/mol. The molecule has 3 nitrogen and oxygen atoms in total. The average Bonchev–Trinajstić information content (AvgIpc) is 2.60. The van der Waals surface area contributed by atoms with Gasteiger partial charge in [-0.25, -0.2) is 4.79 Å². The van der Waals surface area contributed by atoms with Gasteiger partial charge in [0.05, 0.1) is 0 Å². The van der Waals surface area contributed by atoms with Crippen molar-refractivity contribution in [3.63, 3.8) is 0 Å². The number of carbonyl (C=O) groups excluding carboxylic acids is 1. The maximum atomic E-state index is 12.1. The van der Waals surface area contributed by atoms with Crippen molar-refractivity contribution in [1.82, 2.24) is 0 Å². The Morgan fingerprint density at radius 2 is 1.71 bits per heavy atom. The van der Waals surface area contributed by atoms with E-state index in [0.717, 1.165) is 11.1 Å². The third kappa shape index (κ3) is 4.99. The molecule has 0 aromatic heterocycles. The van der Waals surface area contributed by atoms with Crippen LogP contribution in [0.25, 0.3) is 5.57 Å². The number of ether oxygens (including phenoxy) is 2. The molecule has 2 aromatic rings. The third-order valence-electron chi connectivity index (χ3n) is 3.28. The predicted octanol–water partition coefficient (Wildman–Crippen LogP) is 5.68. The molecule has 0 aliphatic carbocycles. The molecule has 0 atom stereocenters. The third-order valence-corrected chi connectivity index (χ3v) is 3.28. The summed E-state index contributed by atoms with van der Waals surface area (Å²) in [6, 6.07) is 16.7. The van der Waals surface area contributed by atoms with Crippen LogP contribution >= 0.6 is 0 Å². The highest BCUT2D eigenvalue weighted by atomic mass is 16.7. The fourth-order valence-corrected chi connectivity index (χ4v) is 1.97. The lowest BCUT2D eigenvalue weighted by Gasteiger charge is -2.11. The summed E-state index contributed by atoms with van der Waals surface area (Å²) in [5, 5.41) is 0. The van der Waals surface area contributed by atoms with Gasteiger partial charge in [-0.1, -0.05) is 66.8 Å². The Hall–Kier alpha value is -3.07. The van der Waals surface area contributed by atoms with Crippen LogP contribution in [0.1, 0.15) is 18.1 Å². The summed E-state index contributed by atoms with van der Waals surface area (Å²) in [6.07, 6.45) is 4.51. The maximum absolute atomic E-state index is 12.1. The predicted molar refractivity (Wildman–Crippen MR) is 96.7 cm³/mol. The van der Waals surface area contributed by atoms with Gasteiger partial charge in [0.25, 0.3) is 0 Å². The van der Waals surface area contributed by atoms with E-state index in [1.807, 2.05) is 62.4 Å². The molecule has 0 saturated heterocycles. The van der Waals surface area contributed by atoms with Crippen molar-refractivity contribution in [2.24, 2.45) is 0 Å². The van der Waals surface area contributed by atoms with Crippen molar-refractivity contribution < 1.29 is 14.3 Å². The number of benzene rings is 2. The fraction of sp³-hybridized carbons (Fsp3) is 0.0952. The molecule has 0 saturated carbocycles. The molecule has 2 rings (SSSR count). The van der Waals surface area contributed by atoms with Gasteiger partial charge in [-0.05, 0) is 37.6 Å². The number of allylic oxidation sites excluding steroid dienone is 4. The second-order valence-corrected chi connectivity index (χ2v) is 5.17. The topological polar surface area (TPSA) is 35.5 Å². The Morgan fingerprint density at radius 3 is 2.33 bits per heavy atom. The summed E-state index contributed by atoms with van der Waals surface area (Å²) in [5.41, 5.74) is 2.56. The summed E-state index contributed by atoms with van der Waals surface area (Å²) in [4.78, 5) is 12.1. The summed E-state index contributed by atoms with van der Waals surface area (Å²) >= 11 is 0. The number of carbonyl (C=O) groups is 1. The van der Waals surface area contributed by atoms with Crippen LogP contribution in [0.4, 0.5) is 4.79 Å². The lowest BCUT2D eigenvalue weighted by atomic mass is 10.1. The molecule has 0 aliphatic heterocycles. The van der Waals surface area contributed by atoms with Gasteiger partial charge >= 0.3 is 6.16 Å². The fourth-order valence-electron chi connectivity index (χ4n) is 1.97. The van der Waals surface area contributed by atoms with Gasteiger partial charge in [-0.3, -0.25) is 0 Å². The summed E-state index contributed by atoms with van der Waals surface area (Å²) in [7, 11) is 0. The molecule has 122 valence electrons. The lowest BCUT2D eigenvalue weighted by Crippen LogP contribution is -2.11. The van der Waals surface area contributed by atoms with Crippen molar-refractivity contribution in [3.05, 3.63) is 96.3 Å². The van der Waals surface area contributed by atoms with Gasteiger partial charge in [-0.2, -0.15) is 0 Å². The van der Waals surface area contributed by atoms with E-state index in [-0.39, 0.29) is 0 Å². The van der Waals surface area contributed by atoms with Crippen molar-refractivity contribution in [2.75, 3.05) is 0 Å². The van der Waals surface area contributed by atoms with Crippen LogP contribution in [0.5, 0.6) is 5.75 Å². The summed E-state index contributed by atoms with van der Waals surface area (Å²) < 4.78 is 10.6. The van der Waals surface area contributed by atoms with Crippen molar-refractivity contribution in [3.8, 4) is 5.75 Å². The van der Waals surface area contributed by atoms with E-state index in [1.54, 1.807) is 24.3 Å². The lowest BCUT2D eigenvalue weighted by molar-refractivity contribution is 0.130. The van der Waals surface area contributed by atoms with E-state index in [0.29, 0.717) is 17.1 Å². The molecule has 0 heterocycles. The van der Waals surface area contributed by atoms with Crippen LogP contribution in [0.3, 0.4) is 0 Å². The minimum atomic E-state index is -0.799. The SMILES string of the molecule is C=C(/C(=C\C=C/C)OC(=O)Oc1ccc(C)cc1)c1ccccc1. The first-order valence-corrected chi connectivity index (χ1v) is 7.64. The smallest absolute Gasteiger partial charge is 0.395 e. The standard InChI is InChI=1S/C21H20O3/c1-4-5-11-20(17(3)18-9-7-6-8-10-18)24-21(22)23-19-14-12-16(2)13-15-19/h4-15H,3H2,1-2H3/b5-4-,20-11+. The van der Waals surface area contributed by atoms with Crippen LogP contribution in [0.2, 0.25) is 0 Å². The molecule has 0 N–H and O–H groups in total. The molecular weight excluding hydrogens is 300 g/mol. The summed E-state index contributed by atoms with van der Waals surface area (Å²) in [5.74, 6) is 0.776. The Labute approximate surface area is 142 Å². The molecule has 0 amide bonds. The number of hydrogen-bond acceptors (Lipinski definition) is 3. The highest BCUT2D eigenvalue weighted by Gasteiger charge is 2.13. The molecule has 0 spiro atoms. The van der Waals surface area contributed by atoms with Crippen LogP contribution in [-0.2, 0) is 4.74 Å². The van der Waals surface area contributed by atoms with Gasteiger partial charge in [0.15, 0.2) is 0 Å². The first-order chi connectivity index (χ1) is 11.6. The second kappa shape index (κ2) is 8.53. The van der Waals surface area contributed by atoms with Crippen molar-refractivity contribution in [2.45, 2.75) is 13.8 Å². The number of rotatable bonds is 5. The number of aryl methyl sites for hydroxylation is 1. The van der Waals surface area contributed by atoms with E-state index in [9.17, 15) is 4.79 Å². The van der Waals surface area contributed by atoms with Gasteiger partial charge < -0.3 is 9.47 Å². The largest absolute Gasteiger partial charge is 0.519 e. The first kappa shape index (κ1) is 17.3. The van der Waals surface area contributed by atoms with Gasteiger partial charge in [-0.15, -0.1) is 0 Å². The molecule has 2 aromatic carbocycles. The van der Waals surface area contributed by atoms with Gasteiger partial charge in [0.2, 0.25) is 0 Å². The van der Waals surface area contributed by atoms with E-state index in [2.05, 4.69) is 6.58 Å². The van der Waals surface area contributed by atoms with Gasteiger partial charge in [0, 0.05) is 5.57 Å². The maximum Gasteiger partial charge on any atom is 0.519 e. The van der Waals surface area contributed by atoms with E-state index >= 15 is 0 Å². The summed E-state index contributed by atoms with van der Waals surface area (Å²) in [6.45, 7) is 7.86. The molecule has 24 heavy (non-hydrogen) atoms. The zero-order chi connectivity index (χ0) is 17.4. The first-order valence-electron chi connectivity index (χ1n) is 7.64. The van der Waals surface area contributed by atoms with E-state index in [1.165, 1.54) is 0 Å². The monoisotopic (exact) mass is 320 g/mol. The zero-order valence-corrected chi connectivity index (χ0v) is 13.9. The molecule has 0 fully saturated rings. The highest BCUT2D eigenvalue weighted by Crippen LogP contribution is 2.23. The normalized spacial score (nSPS) is 11.3. The van der Waals surface area contributed by atoms with Crippen LogP contribution in [0, 0.1) is 6.92 Å². The molecule has 0 bridgehead atoms. The molecule has 0 radical (unpaired) electrons. The highest BCUT2D eigenvalue weighted by molar-refractivity contribution is 5.79. The Morgan fingerprint density at radius 1 is 1.04 bits per heavy atom. The van der Waals surface area contributed by atoms with E-state index in [4.69, 9.17) is 9.47 Å². The van der Waals surface area contributed by atoms with Crippen LogP contribution in [-0.4, -0.2) is 6.16 Å². The zero-order valence-electron chi connectivity index (χ0n) is 13.9. The molecule has 0 unspecified atom stereocenters. The second-order valence-electron chi connectivity index (χ2n) is 5.17. The minimum Gasteiger partial charge on any atom is -0.395 e. The minimum absolute atomic E-state index is 0.344. The molecular formula is C21H20O3. The Bertz CT molecular complexity index is 753. The van der Waals surface area contributed by atoms with Crippen LogP contribution < -0.4 is 4.74 Å². The molecule has 0 aliphatic rings. The van der Waals surface area contributed by atoms with Crippen LogP contribution in [0.15, 0.2) is 85.2 Å². The Balaban J connectivity index is 2.12. The Kier molecular flexibility index (Phi) is 6.15. The van der Waals surface area contributed by atoms with Crippen molar-refractivity contribution in [1.29, 1.82) is 0 Å².